The molecule has 2 aromatic rings. The maximum atomic E-state index is 5.95. The van der Waals surface area contributed by atoms with Gasteiger partial charge in [-0.3, -0.25) is 0 Å². The molecule has 2 aromatic carbocycles. The zero-order valence-corrected chi connectivity index (χ0v) is 14.1. The molecule has 0 aliphatic carbocycles. The van der Waals surface area contributed by atoms with Crippen molar-refractivity contribution in [2.75, 3.05) is 11.5 Å². The van der Waals surface area contributed by atoms with Gasteiger partial charge in [-0.2, -0.15) is 0 Å². The molecule has 96 valence electrons. The van der Waals surface area contributed by atoms with E-state index in [1.165, 1.54) is 0 Å². The molecule has 0 heterocycles. The molecule has 0 spiro atoms. The van der Waals surface area contributed by atoms with Gasteiger partial charge in [-0.15, -0.1) is 23.8 Å². The number of nitrogen functional groups attached to an aromatic ring is 2. The fourth-order valence-corrected chi connectivity index (χ4v) is 2.19. The second kappa shape index (κ2) is 6.97. The second-order valence-corrected chi connectivity index (χ2v) is 4.64. The molecule has 0 saturated carbocycles. The molecule has 0 saturated heterocycles. The Morgan fingerprint density at radius 2 is 2.05 bits per heavy atom. The minimum Gasteiger partial charge on any atom is -0.437 e. The summed E-state index contributed by atoms with van der Waals surface area (Å²) in [5, 5.41) is 2.36. The van der Waals surface area contributed by atoms with Crippen molar-refractivity contribution >= 4 is 50.4 Å². The Labute approximate surface area is 139 Å². The van der Waals surface area contributed by atoms with Crippen LogP contribution < -0.4 is 11.5 Å². The number of halogens is 1. The molecule has 0 bridgehead atoms. The van der Waals surface area contributed by atoms with Crippen molar-refractivity contribution < 1.29 is 21.1 Å². The number of hydrogen-bond acceptors (Lipinski definition) is 4. The molecular weight excluding hydrogens is 406 g/mol. The molecule has 2 rings (SSSR count). The second-order valence-electron chi connectivity index (χ2n) is 3.60. The summed E-state index contributed by atoms with van der Waals surface area (Å²) in [6, 6.07) is 12.1. The number of aliphatic imine (C=N–C) groups is 1. The Kier molecular flexibility index (Phi) is 5.89. The zero-order valence-electron chi connectivity index (χ0n) is 9.68. The third kappa shape index (κ3) is 3.52. The van der Waals surface area contributed by atoms with Gasteiger partial charge in [0.25, 0.3) is 0 Å². The summed E-state index contributed by atoms with van der Waals surface area (Å²) in [5.74, 6) is 0. The zero-order chi connectivity index (χ0) is 13.1. The van der Waals surface area contributed by atoms with Gasteiger partial charge in [-0.25, -0.2) is 4.99 Å². The first-order chi connectivity index (χ1) is 8.63. The third-order valence-electron chi connectivity index (χ3n) is 2.41. The van der Waals surface area contributed by atoms with Crippen LogP contribution in [0.1, 0.15) is 0 Å². The third-order valence-corrected chi connectivity index (χ3v) is 3.14. The van der Waals surface area contributed by atoms with E-state index in [1.807, 2.05) is 18.2 Å². The molecule has 0 atom stereocenters. The molecule has 0 aromatic heterocycles. The average Bonchev–Trinajstić information content (AvgIpc) is 2.32. The maximum Gasteiger partial charge on any atom is 0.0633 e. The summed E-state index contributed by atoms with van der Waals surface area (Å²) in [5.41, 5.74) is 15.0. The van der Waals surface area contributed by atoms with Crippen LogP contribution >= 0.6 is 28.1 Å². The van der Waals surface area contributed by atoms with E-state index in [4.69, 9.17) is 11.5 Å². The summed E-state index contributed by atoms with van der Waals surface area (Å²) < 4.78 is 0.821. The van der Waals surface area contributed by atoms with Crippen LogP contribution in [-0.4, -0.2) is 5.16 Å². The van der Waals surface area contributed by atoms with Gasteiger partial charge in [0.1, 0.15) is 0 Å². The van der Waals surface area contributed by atoms with E-state index in [0.29, 0.717) is 17.1 Å². The van der Waals surface area contributed by atoms with E-state index in [9.17, 15) is 0 Å². The number of para-hydroxylation sites is 1. The van der Waals surface area contributed by atoms with E-state index in [-0.39, 0.29) is 21.1 Å². The van der Waals surface area contributed by atoms with Gasteiger partial charge in [-0.1, -0.05) is 23.4 Å². The Balaban J connectivity index is 0.00000180. The summed E-state index contributed by atoms with van der Waals surface area (Å²) in [4.78, 5) is 4.06. The topological polar surface area (TPSA) is 64.4 Å². The van der Waals surface area contributed by atoms with Crippen LogP contribution in [0.25, 0.3) is 11.1 Å². The standard InChI is InChI=1S/C13H9BrN3S.Mo/c14-11-3-1-2-10(13(11)17-7-18)9-5-4-8(15)6-12(9)16;/h1-4,6H,15-16H2;/q-1;. The predicted octanol–water partition coefficient (Wildman–Crippen LogP) is 3.81. The minimum absolute atomic E-state index is 0. The molecular formula is C13H9BrMoN3S-. The van der Waals surface area contributed by atoms with Gasteiger partial charge < -0.3 is 11.5 Å². The molecule has 0 aliphatic rings. The monoisotopic (exact) mass is 416 g/mol. The van der Waals surface area contributed by atoms with Crippen LogP contribution in [-0.2, 0) is 21.1 Å². The number of thiocarbonyl (C=S) groups is 1. The first-order valence-corrected chi connectivity index (χ1v) is 6.27. The van der Waals surface area contributed by atoms with Gasteiger partial charge in [0, 0.05) is 25.5 Å². The summed E-state index contributed by atoms with van der Waals surface area (Å²) in [6.45, 7) is 0. The van der Waals surface area contributed by atoms with Crippen LogP contribution in [0.3, 0.4) is 0 Å². The number of hydrogen-bond donors (Lipinski definition) is 2. The van der Waals surface area contributed by atoms with Crippen LogP contribution in [0.5, 0.6) is 0 Å². The quantitative estimate of drug-likeness (QED) is 0.258. The van der Waals surface area contributed by atoms with Crippen LogP contribution in [0.4, 0.5) is 17.1 Å². The first-order valence-electron chi connectivity index (χ1n) is 5.07. The average molecular weight is 415 g/mol. The molecule has 19 heavy (non-hydrogen) atoms. The molecule has 4 N–H and O–H groups in total. The van der Waals surface area contributed by atoms with Gasteiger partial charge in [0.05, 0.1) is 10.8 Å². The Morgan fingerprint density at radius 3 is 2.68 bits per heavy atom. The van der Waals surface area contributed by atoms with Gasteiger partial charge in [0.2, 0.25) is 0 Å². The van der Waals surface area contributed by atoms with Crippen LogP contribution in [0.15, 0.2) is 39.8 Å². The number of nitrogens with zero attached hydrogens (tertiary/aromatic N) is 1. The van der Waals surface area contributed by atoms with Crippen LogP contribution in [0, 0.1) is 6.07 Å². The van der Waals surface area contributed by atoms with E-state index >= 15 is 0 Å². The molecule has 0 amide bonds. The predicted molar refractivity (Wildman–Crippen MR) is 81.9 cm³/mol. The smallest absolute Gasteiger partial charge is 0.0633 e. The van der Waals surface area contributed by atoms with Crippen LogP contribution in [0.2, 0.25) is 0 Å². The van der Waals surface area contributed by atoms with E-state index in [2.05, 4.69) is 44.4 Å². The van der Waals surface area contributed by atoms with Crippen molar-refractivity contribution in [2.24, 2.45) is 4.99 Å². The minimum atomic E-state index is 0. The normalized spacial score (nSPS) is 9.32. The Morgan fingerprint density at radius 1 is 1.32 bits per heavy atom. The van der Waals surface area contributed by atoms with Crippen molar-refractivity contribution in [3.05, 3.63) is 40.9 Å². The van der Waals surface area contributed by atoms with E-state index < -0.39 is 0 Å². The number of benzene rings is 2. The van der Waals surface area contributed by atoms with Gasteiger partial charge >= 0.3 is 0 Å². The molecule has 0 unspecified atom stereocenters. The maximum absolute atomic E-state index is 5.95. The Bertz CT molecular complexity index is 654. The number of isothiocyanates is 1. The molecule has 3 nitrogen and oxygen atoms in total. The van der Waals surface area contributed by atoms with Gasteiger partial charge in [0.15, 0.2) is 0 Å². The van der Waals surface area contributed by atoms with E-state index in [1.54, 1.807) is 12.1 Å². The fraction of sp³-hybridized carbons (Fsp3) is 0. The fourth-order valence-electron chi connectivity index (χ4n) is 1.64. The van der Waals surface area contributed by atoms with Crippen molar-refractivity contribution in [1.29, 1.82) is 0 Å². The number of rotatable bonds is 2. The van der Waals surface area contributed by atoms with E-state index in [0.717, 1.165) is 15.6 Å². The van der Waals surface area contributed by atoms with Crippen molar-refractivity contribution in [3.8, 4) is 11.1 Å². The number of nitrogens with two attached hydrogens (primary N) is 2. The molecule has 0 radical (unpaired) electrons. The van der Waals surface area contributed by atoms with Gasteiger partial charge in [-0.05, 0) is 39.9 Å². The summed E-state index contributed by atoms with van der Waals surface area (Å²) in [7, 11) is 0. The first kappa shape index (κ1) is 16.1. The van der Waals surface area contributed by atoms with Crippen molar-refractivity contribution in [2.45, 2.75) is 0 Å². The Hall–Kier alpha value is -0.992. The SMILES string of the molecule is Nc1c[c-]c(-c2cccc(Br)c2N=C=S)c(N)c1.[Mo]. The molecule has 0 aliphatic heterocycles. The largest absolute Gasteiger partial charge is 0.437 e. The summed E-state index contributed by atoms with van der Waals surface area (Å²) >= 11 is 8.08. The molecule has 0 fully saturated rings. The van der Waals surface area contributed by atoms with Crippen molar-refractivity contribution in [1.82, 2.24) is 0 Å². The summed E-state index contributed by atoms with van der Waals surface area (Å²) in [6.07, 6.45) is 0. The number of anilines is 2. The van der Waals surface area contributed by atoms with Crippen molar-refractivity contribution in [3.63, 3.8) is 0 Å². The molecule has 6 heteroatoms.